The van der Waals surface area contributed by atoms with Crippen molar-refractivity contribution in [3.05, 3.63) is 29.8 Å². The Hall–Kier alpha value is -1.87. The minimum Gasteiger partial charge on any atom is -0.427 e. The zero-order valence-corrected chi connectivity index (χ0v) is 16.7. The van der Waals surface area contributed by atoms with E-state index < -0.39 is 24.2 Å². The summed E-state index contributed by atoms with van der Waals surface area (Å²) in [6, 6.07) is 5.52. The molecule has 1 heterocycles. The Morgan fingerprint density at radius 3 is 2.38 bits per heavy atom. The third kappa shape index (κ3) is 4.50. The number of fused-ring (bicyclic) bond motifs is 1. The molecule has 1 amide bonds. The van der Waals surface area contributed by atoms with Gasteiger partial charge in [0.25, 0.3) is 5.91 Å². The lowest BCUT2D eigenvalue weighted by Crippen LogP contribution is -2.47. The zero-order chi connectivity index (χ0) is 21.3. The molecule has 1 aliphatic carbocycles. The number of amides is 1. The van der Waals surface area contributed by atoms with Crippen LogP contribution in [0.2, 0.25) is 0 Å². The third-order valence-corrected chi connectivity index (χ3v) is 5.96. The minimum absolute atomic E-state index is 0.0571. The van der Waals surface area contributed by atoms with Crippen LogP contribution in [0.4, 0.5) is 17.6 Å². The van der Waals surface area contributed by atoms with Crippen LogP contribution in [0.1, 0.15) is 23.2 Å². The molecule has 0 unspecified atom stereocenters. The molecule has 1 aromatic carbocycles. The van der Waals surface area contributed by atoms with Crippen LogP contribution < -0.4 is 4.74 Å². The number of para-hydroxylation sites is 1. The Bertz CT molecular complexity index is 731. The summed E-state index contributed by atoms with van der Waals surface area (Å²) >= 11 is 0. The Kier molecular flexibility index (Phi) is 6.38. The van der Waals surface area contributed by atoms with E-state index in [0.29, 0.717) is 13.1 Å². The summed E-state index contributed by atoms with van der Waals surface area (Å²) in [6.45, 7) is 0.965. The maximum absolute atomic E-state index is 13.4. The van der Waals surface area contributed by atoms with E-state index in [2.05, 4.69) is 9.64 Å². The lowest BCUT2D eigenvalue weighted by molar-refractivity contribution is -0.253. The Balaban J connectivity index is 1.76. The summed E-state index contributed by atoms with van der Waals surface area (Å²) in [5, 5.41) is 0. The first-order chi connectivity index (χ1) is 13.6. The van der Waals surface area contributed by atoms with Gasteiger partial charge in [0.1, 0.15) is 5.75 Å². The molecule has 2 fully saturated rings. The van der Waals surface area contributed by atoms with Gasteiger partial charge in [-0.1, -0.05) is 12.1 Å². The normalized spacial score (nSPS) is 27.4. The van der Waals surface area contributed by atoms with Crippen LogP contribution >= 0.6 is 0 Å². The molecule has 2 aliphatic rings. The first-order valence-corrected chi connectivity index (χ1v) is 9.56. The Labute approximate surface area is 167 Å². The van der Waals surface area contributed by atoms with Crippen LogP contribution in [0.15, 0.2) is 24.3 Å². The number of hydrogen-bond acceptors (Lipinski definition) is 4. The number of nitrogens with zero attached hydrogens (tertiary/aromatic N) is 2. The summed E-state index contributed by atoms with van der Waals surface area (Å²) in [6.07, 6.45) is -6.94. The SMILES string of the molecule is CO[C@@H]1C[C@H]2CN(C(=O)c3ccccc3OC(F)(F)C(F)F)C[C@H]2C[C@H]1N(C)C. The van der Waals surface area contributed by atoms with Gasteiger partial charge in [0.15, 0.2) is 0 Å². The first-order valence-electron chi connectivity index (χ1n) is 9.56. The number of benzene rings is 1. The molecule has 9 heteroatoms. The fourth-order valence-electron chi connectivity index (χ4n) is 4.45. The van der Waals surface area contributed by atoms with Gasteiger partial charge < -0.3 is 19.3 Å². The van der Waals surface area contributed by atoms with E-state index in [1.54, 1.807) is 12.0 Å². The predicted octanol–water partition coefficient (Wildman–Crippen LogP) is 3.35. The molecule has 1 saturated carbocycles. The molecule has 1 aromatic rings. The van der Waals surface area contributed by atoms with Crippen molar-refractivity contribution in [1.29, 1.82) is 0 Å². The quantitative estimate of drug-likeness (QED) is 0.665. The summed E-state index contributed by atoms with van der Waals surface area (Å²) in [5.74, 6) is -0.516. The fraction of sp³-hybridized carbons (Fsp3) is 0.650. The van der Waals surface area contributed by atoms with Crippen molar-refractivity contribution in [3.8, 4) is 5.75 Å². The average Bonchev–Trinajstić information content (AvgIpc) is 3.09. The van der Waals surface area contributed by atoms with E-state index in [0.717, 1.165) is 18.9 Å². The molecular weight excluding hydrogens is 392 g/mol. The number of halogens is 4. The fourth-order valence-corrected chi connectivity index (χ4v) is 4.45. The molecule has 0 spiro atoms. The smallest absolute Gasteiger partial charge is 0.427 e. The maximum Gasteiger partial charge on any atom is 0.461 e. The molecule has 0 bridgehead atoms. The van der Waals surface area contributed by atoms with E-state index in [9.17, 15) is 22.4 Å². The number of hydrogen-bond donors (Lipinski definition) is 0. The second-order valence-electron chi connectivity index (χ2n) is 7.97. The number of likely N-dealkylation sites (tertiary alicyclic amines) is 1. The van der Waals surface area contributed by atoms with Gasteiger partial charge in [-0.15, -0.1) is 0 Å². The van der Waals surface area contributed by atoms with Crippen molar-refractivity contribution < 1.29 is 31.8 Å². The molecule has 5 nitrogen and oxygen atoms in total. The molecule has 3 rings (SSSR count). The van der Waals surface area contributed by atoms with Gasteiger partial charge >= 0.3 is 12.5 Å². The van der Waals surface area contributed by atoms with Crippen LogP contribution in [0.5, 0.6) is 5.75 Å². The van der Waals surface area contributed by atoms with Crippen molar-refractivity contribution in [2.45, 2.75) is 37.5 Å². The van der Waals surface area contributed by atoms with Crippen LogP contribution in [0.3, 0.4) is 0 Å². The van der Waals surface area contributed by atoms with Crippen molar-refractivity contribution in [2.75, 3.05) is 34.3 Å². The van der Waals surface area contributed by atoms with E-state index in [1.807, 2.05) is 14.1 Å². The van der Waals surface area contributed by atoms with E-state index in [4.69, 9.17) is 4.74 Å². The van der Waals surface area contributed by atoms with Crippen molar-refractivity contribution >= 4 is 5.91 Å². The number of carbonyl (C=O) groups is 1. The standard InChI is InChI=1S/C20H26F4N2O3/c1-25(2)15-8-12-10-26(11-13(12)9-17(15)28-3)18(27)14-6-4-5-7-16(14)29-20(23,24)19(21)22/h4-7,12-13,15,17,19H,8-11H2,1-3H3/t12-,13+,15-,17-/m1/s1. The van der Waals surface area contributed by atoms with Gasteiger partial charge in [-0.2, -0.15) is 17.6 Å². The second-order valence-corrected chi connectivity index (χ2v) is 7.97. The molecule has 162 valence electrons. The largest absolute Gasteiger partial charge is 0.461 e. The number of ether oxygens (including phenoxy) is 2. The summed E-state index contributed by atoms with van der Waals surface area (Å²) in [5.41, 5.74) is -0.140. The lowest BCUT2D eigenvalue weighted by atomic mass is 9.77. The number of methoxy groups -OCH3 is 1. The highest BCUT2D eigenvalue weighted by molar-refractivity contribution is 5.97. The first kappa shape index (κ1) is 21.8. The molecule has 1 aliphatic heterocycles. The van der Waals surface area contributed by atoms with Gasteiger partial charge in [0.05, 0.1) is 11.7 Å². The zero-order valence-electron chi connectivity index (χ0n) is 16.7. The van der Waals surface area contributed by atoms with E-state index in [-0.39, 0.29) is 29.5 Å². The van der Waals surface area contributed by atoms with Gasteiger partial charge in [0, 0.05) is 26.2 Å². The average molecular weight is 418 g/mol. The van der Waals surface area contributed by atoms with Gasteiger partial charge in [-0.25, -0.2) is 0 Å². The second kappa shape index (κ2) is 8.47. The highest BCUT2D eigenvalue weighted by atomic mass is 19.3. The number of likely N-dealkylation sites (N-methyl/N-ethyl adjacent to an activating group) is 1. The molecule has 0 aromatic heterocycles. The number of alkyl halides is 4. The van der Waals surface area contributed by atoms with Gasteiger partial charge in [-0.3, -0.25) is 4.79 Å². The van der Waals surface area contributed by atoms with Gasteiger partial charge in [-0.05, 0) is 50.9 Å². The monoisotopic (exact) mass is 418 g/mol. The number of carbonyl (C=O) groups excluding carboxylic acids is 1. The van der Waals surface area contributed by atoms with Crippen molar-refractivity contribution in [3.63, 3.8) is 0 Å². The molecule has 0 radical (unpaired) electrons. The lowest BCUT2D eigenvalue weighted by Gasteiger charge is -2.40. The minimum atomic E-state index is -4.67. The summed E-state index contributed by atoms with van der Waals surface area (Å²) in [4.78, 5) is 16.7. The molecule has 1 saturated heterocycles. The Morgan fingerprint density at radius 2 is 1.79 bits per heavy atom. The van der Waals surface area contributed by atoms with Gasteiger partial charge in [0.2, 0.25) is 0 Å². The summed E-state index contributed by atoms with van der Waals surface area (Å²) < 4.78 is 61.6. The number of rotatable bonds is 6. The van der Waals surface area contributed by atoms with Crippen LogP contribution in [-0.4, -0.2) is 74.7 Å². The van der Waals surface area contributed by atoms with Crippen molar-refractivity contribution in [1.82, 2.24) is 9.80 Å². The summed E-state index contributed by atoms with van der Waals surface area (Å²) in [7, 11) is 5.66. The van der Waals surface area contributed by atoms with Crippen LogP contribution in [-0.2, 0) is 4.74 Å². The van der Waals surface area contributed by atoms with E-state index in [1.165, 1.54) is 18.2 Å². The highest BCUT2D eigenvalue weighted by Gasteiger charge is 2.46. The Morgan fingerprint density at radius 1 is 1.17 bits per heavy atom. The van der Waals surface area contributed by atoms with Crippen LogP contribution in [0.25, 0.3) is 0 Å². The maximum atomic E-state index is 13.4. The third-order valence-electron chi connectivity index (χ3n) is 5.96. The molecule has 0 N–H and O–H groups in total. The predicted molar refractivity (Wildman–Crippen MR) is 98.4 cm³/mol. The highest BCUT2D eigenvalue weighted by Crippen LogP contribution is 2.40. The molecule has 4 atom stereocenters. The molecular formula is C20H26F4N2O3. The van der Waals surface area contributed by atoms with Crippen molar-refractivity contribution in [2.24, 2.45) is 11.8 Å². The molecule has 29 heavy (non-hydrogen) atoms. The van der Waals surface area contributed by atoms with E-state index >= 15 is 0 Å². The topological polar surface area (TPSA) is 42.0 Å². The van der Waals surface area contributed by atoms with Crippen LogP contribution in [0, 0.1) is 11.8 Å².